The van der Waals surface area contributed by atoms with Gasteiger partial charge < -0.3 is 5.32 Å². The molecule has 0 saturated carbocycles. The fourth-order valence-corrected chi connectivity index (χ4v) is 2.76. The SMILES string of the molecule is C#C[C@H](Nc1c(-c2ncccc2C(F)(F)F)c(Cl)nc2nc(C)nn12)C(F)(F)F. The van der Waals surface area contributed by atoms with Gasteiger partial charge in [-0.05, 0) is 19.1 Å². The number of aryl methyl sites for hydroxylation is 1. The second-order valence-corrected chi connectivity index (χ2v) is 6.04. The molecule has 0 unspecified atom stereocenters. The third kappa shape index (κ3) is 3.91. The van der Waals surface area contributed by atoms with Gasteiger partial charge in [-0.25, -0.2) is 0 Å². The van der Waals surface area contributed by atoms with Crippen LogP contribution in [0.5, 0.6) is 0 Å². The number of hydrogen-bond donors (Lipinski definition) is 1. The number of aromatic nitrogens is 5. The van der Waals surface area contributed by atoms with Crippen LogP contribution in [0.25, 0.3) is 17.0 Å². The molecule has 1 N–H and O–H groups in total. The molecule has 0 aliphatic heterocycles. The molecular weight excluding hydrogens is 426 g/mol. The molecule has 0 aromatic carbocycles. The van der Waals surface area contributed by atoms with Gasteiger partial charge in [-0.2, -0.15) is 40.8 Å². The van der Waals surface area contributed by atoms with E-state index < -0.39 is 46.2 Å². The zero-order chi connectivity index (χ0) is 21.6. The number of nitrogens with one attached hydrogen (secondary N) is 1. The van der Waals surface area contributed by atoms with Gasteiger partial charge in [-0.15, -0.1) is 11.5 Å². The lowest BCUT2D eigenvalue weighted by atomic mass is 10.1. The molecule has 152 valence electrons. The van der Waals surface area contributed by atoms with Crippen molar-refractivity contribution in [3.8, 4) is 23.6 Å². The topological polar surface area (TPSA) is 68.0 Å². The molecule has 3 aromatic rings. The monoisotopic (exact) mass is 434 g/mol. The zero-order valence-corrected chi connectivity index (χ0v) is 15.0. The molecular formula is C16H9ClF6N6. The van der Waals surface area contributed by atoms with Crippen molar-refractivity contribution in [2.24, 2.45) is 0 Å². The van der Waals surface area contributed by atoms with Crippen LogP contribution in [0.15, 0.2) is 18.3 Å². The van der Waals surface area contributed by atoms with Crippen LogP contribution >= 0.6 is 11.6 Å². The Balaban J connectivity index is 2.37. The lowest BCUT2D eigenvalue weighted by molar-refractivity contribution is -0.137. The first-order valence-corrected chi connectivity index (χ1v) is 8.06. The largest absolute Gasteiger partial charge is 0.420 e. The Morgan fingerprint density at radius 1 is 1.21 bits per heavy atom. The molecule has 6 nitrogen and oxygen atoms in total. The van der Waals surface area contributed by atoms with Crippen molar-refractivity contribution in [2.75, 3.05) is 5.32 Å². The molecule has 0 aliphatic carbocycles. The van der Waals surface area contributed by atoms with Crippen molar-refractivity contribution in [2.45, 2.75) is 25.3 Å². The summed E-state index contributed by atoms with van der Waals surface area (Å²) in [5.74, 6) is 0.780. The van der Waals surface area contributed by atoms with Crippen LogP contribution in [0.4, 0.5) is 32.2 Å². The van der Waals surface area contributed by atoms with Gasteiger partial charge in [-0.3, -0.25) is 4.98 Å². The van der Waals surface area contributed by atoms with Gasteiger partial charge in [0.15, 0.2) is 6.04 Å². The standard InChI is InChI=1S/C16H9ClF6N6/c1-3-9(16(21,22)23)26-13-10(11-8(15(18,19)20)5-4-6-24-11)12(17)27-14-25-7(2)28-29(13)14/h1,4-6,9,26H,2H3/t9-/m0/s1. The molecule has 0 amide bonds. The molecule has 13 heteroatoms. The summed E-state index contributed by atoms with van der Waals surface area (Å²) in [5.41, 5.74) is -2.53. The fourth-order valence-electron chi connectivity index (χ4n) is 2.50. The van der Waals surface area contributed by atoms with Crippen LogP contribution in [-0.2, 0) is 6.18 Å². The van der Waals surface area contributed by atoms with E-state index in [2.05, 4.69) is 20.1 Å². The molecule has 3 aromatic heterocycles. The minimum Gasteiger partial charge on any atom is -0.348 e. The average molecular weight is 435 g/mol. The summed E-state index contributed by atoms with van der Waals surface area (Å²) in [4.78, 5) is 11.4. The van der Waals surface area contributed by atoms with E-state index in [1.807, 2.05) is 5.32 Å². The summed E-state index contributed by atoms with van der Waals surface area (Å²) in [6.07, 6.45) is -3.79. The predicted molar refractivity (Wildman–Crippen MR) is 91.1 cm³/mol. The maximum atomic E-state index is 13.5. The highest BCUT2D eigenvalue weighted by molar-refractivity contribution is 6.32. The average Bonchev–Trinajstić information content (AvgIpc) is 2.97. The van der Waals surface area contributed by atoms with Gasteiger partial charge in [0.25, 0.3) is 5.78 Å². The van der Waals surface area contributed by atoms with Gasteiger partial charge >= 0.3 is 12.4 Å². The Hall–Kier alpha value is -3.07. The Morgan fingerprint density at radius 3 is 2.48 bits per heavy atom. The Morgan fingerprint density at radius 2 is 1.90 bits per heavy atom. The predicted octanol–water partition coefficient (Wildman–Crippen LogP) is 4.14. The molecule has 0 spiro atoms. The quantitative estimate of drug-likeness (QED) is 0.381. The molecule has 0 saturated heterocycles. The van der Waals surface area contributed by atoms with E-state index in [1.165, 1.54) is 12.8 Å². The minimum absolute atomic E-state index is 0.0927. The van der Waals surface area contributed by atoms with Crippen molar-refractivity contribution in [1.82, 2.24) is 24.6 Å². The van der Waals surface area contributed by atoms with Crippen LogP contribution in [0.2, 0.25) is 5.15 Å². The second kappa shape index (κ2) is 7.07. The first-order chi connectivity index (χ1) is 13.4. The number of terminal acetylenes is 1. The molecule has 3 heterocycles. The van der Waals surface area contributed by atoms with Crippen LogP contribution in [0, 0.1) is 19.3 Å². The van der Waals surface area contributed by atoms with Crippen molar-refractivity contribution in [3.05, 3.63) is 34.9 Å². The fraction of sp³-hybridized carbons (Fsp3) is 0.250. The summed E-state index contributed by atoms with van der Waals surface area (Å²) in [7, 11) is 0. The van der Waals surface area contributed by atoms with E-state index in [9.17, 15) is 26.3 Å². The lowest BCUT2D eigenvalue weighted by Crippen LogP contribution is -2.35. The summed E-state index contributed by atoms with van der Waals surface area (Å²) >= 11 is 6.04. The maximum absolute atomic E-state index is 13.5. The normalized spacial score (nSPS) is 13.3. The number of fused-ring (bicyclic) bond motifs is 1. The van der Waals surface area contributed by atoms with Crippen LogP contribution in [0.1, 0.15) is 11.4 Å². The number of alkyl halides is 6. The molecule has 0 bridgehead atoms. The highest BCUT2D eigenvalue weighted by Crippen LogP contribution is 2.41. The highest BCUT2D eigenvalue weighted by Gasteiger charge is 2.41. The highest BCUT2D eigenvalue weighted by atomic mass is 35.5. The number of halogens is 7. The number of anilines is 1. The van der Waals surface area contributed by atoms with E-state index in [1.54, 1.807) is 0 Å². The number of pyridine rings is 1. The Labute approximate surface area is 163 Å². The van der Waals surface area contributed by atoms with Gasteiger partial charge in [0.05, 0.1) is 16.8 Å². The van der Waals surface area contributed by atoms with Crippen molar-refractivity contribution in [3.63, 3.8) is 0 Å². The lowest BCUT2D eigenvalue weighted by Gasteiger charge is -2.21. The van der Waals surface area contributed by atoms with Crippen LogP contribution < -0.4 is 5.32 Å². The summed E-state index contributed by atoms with van der Waals surface area (Å²) in [6, 6.07) is -0.814. The Bertz CT molecular complexity index is 1110. The molecule has 0 fully saturated rings. The maximum Gasteiger partial charge on any atom is 0.420 e. The van der Waals surface area contributed by atoms with Gasteiger partial charge in [0.2, 0.25) is 0 Å². The second-order valence-electron chi connectivity index (χ2n) is 5.68. The van der Waals surface area contributed by atoms with Gasteiger partial charge in [0.1, 0.15) is 16.8 Å². The van der Waals surface area contributed by atoms with E-state index >= 15 is 0 Å². The number of hydrogen-bond acceptors (Lipinski definition) is 5. The third-order valence-corrected chi connectivity index (χ3v) is 3.95. The summed E-state index contributed by atoms with van der Waals surface area (Å²) in [5, 5.41) is 5.30. The third-order valence-electron chi connectivity index (χ3n) is 3.67. The van der Waals surface area contributed by atoms with E-state index in [0.29, 0.717) is 6.07 Å². The van der Waals surface area contributed by atoms with Gasteiger partial charge in [-0.1, -0.05) is 17.5 Å². The Kier molecular flexibility index (Phi) is 5.04. The number of nitrogens with zero attached hydrogens (tertiary/aromatic N) is 5. The van der Waals surface area contributed by atoms with Gasteiger partial charge in [0, 0.05) is 6.20 Å². The number of rotatable bonds is 3. The first-order valence-electron chi connectivity index (χ1n) is 7.68. The molecule has 0 aliphatic rings. The first kappa shape index (κ1) is 20.7. The van der Waals surface area contributed by atoms with E-state index in [-0.39, 0.29) is 11.6 Å². The van der Waals surface area contributed by atoms with Crippen LogP contribution in [0.3, 0.4) is 0 Å². The zero-order valence-electron chi connectivity index (χ0n) is 14.3. The molecule has 3 rings (SSSR count). The minimum atomic E-state index is -4.92. The van der Waals surface area contributed by atoms with Crippen molar-refractivity contribution in [1.29, 1.82) is 0 Å². The molecule has 1 atom stereocenters. The summed E-state index contributed by atoms with van der Waals surface area (Å²) in [6.45, 7) is 1.41. The summed E-state index contributed by atoms with van der Waals surface area (Å²) < 4.78 is 80.8. The van der Waals surface area contributed by atoms with E-state index in [0.717, 1.165) is 16.8 Å². The van der Waals surface area contributed by atoms with E-state index in [4.69, 9.17) is 18.0 Å². The molecule has 0 radical (unpaired) electrons. The smallest absolute Gasteiger partial charge is 0.348 e. The molecule has 29 heavy (non-hydrogen) atoms. The van der Waals surface area contributed by atoms with Crippen molar-refractivity contribution < 1.29 is 26.3 Å². The van der Waals surface area contributed by atoms with Crippen LogP contribution in [-0.4, -0.2) is 36.8 Å². The van der Waals surface area contributed by atoms with Crippen molar-refractivity contribution >= 4 is 23.2 Å².